The maximum atomic E-state index is 11.0. The van der Waals surface area contributed by atoms with Crippen LogP contribution in [0.2, 0.25) is 0 Å². The van der Waals surface area contributed by atoms with E-state index in [-0.39, 0.29) is 6.04 Å². The largest absolute Gasteiger partial charge is 0.356 e. The molecule has 16 heavy (non-hydrogen) atoms. The second-order valence-corrected chi connectivity index (χ2v) is 3.89. The van der Waals surface area contributed by atoms with Crippen LogP contribution in [-0.2, 0) is 7.05 Å². The van der Waals surface area contributed by atoms with Gasteiger partial charge in [-0.25, -0.2) is 0 Å². The maximum absolute atomic E-state index is 11.0. The van der Waals surface area contributed by atoms with Crippen molar-refractivity contribution in [3.05, 3.63) is 11.3 Å². The molecule has 0 saturated carbocycles. The van der Waals surface area contributed by atoms with E-state index in [0.717, 1.165) is 12.1 Å². The minimum Gasteiger partial charge on any atom is -0.356 e. The van der Waals surface area contributed by atoms with Crippen LogP contribution in [0.5, 0.6) is 0 Å². The summed E-state index contributed by atoms with van der Waals surface area (Å²) in [5.74, 6) is 0.759. The third-order valence-electron chi connectivity index (χ3n) is 2.74. The van der Waals surface area contributed by atoms with Gasteiger partial charge in [0.2, 0.25) is 0 Å². The van der Waals surface area contributed by atoms with E-state index in [1.165, 1.54) is 0 Å². The van der Waals surface area contributed by atoms with Gasteiger partial charge in [-0.15, -0.1) is 0 Å². The van der Waals surface area contributed by atoms with E-state index >= 15 is 0 Å². The number of rotatable bonds is 4. The average Bonchev–Trinajstić information content (AvgIpc) is 2.52. The molecule has 0 aliphatic rings. The second kappa shape index (κ2) is 4.79. The highest BCUT2D eigenvalue weighted by atomic mass is 16.1. The highest BCUT2D eigenvalue weighted by Gasteiger charge is 2.19. The molecule has 1 heterocycles. The number of hydrogen-bond donors (Lipinski definition) is 0. The standard InChI is InChI=1S/C11H16N4O/c1-8(5-6-12)14(3)11-10(7-16)9(2)13-15(11)4/h7-8H,5H2,1-4H3. The highest BCUT2D eigenvalue weighted by molar-refractivity contribution is 5.84. The molecular weight excluding hydrogens is 204 g/mol. The Bertz CT molecular complexity index is 430. The number of carbonyl (C=O) groups is 1. The molecule has 1 aromatic heterocycles. The topological polar surface area (TPSA) is 61.9 Å². The van der Waals surface area contributed by atoms with E-state index < -0.39 is 0 Å². The van der Waals surface area contributed by atoms with Gasteiger partial charge in [-0.05, 0) is 13.8 Å². The number of aromatic nitrogens is 2. The van der Waals surface area contributed by atoms with E-state index in [1.54, 1.807) is 18.7 Å². The summed E-state index contributed by atoms with van der Waals surface area (Å²) >= 11 is 0. The summed E-state index contributed by atoms with van der Waals surface area (Å²) in [6, 6.07) is 2.18. The molecule has 0 aromatic carbocycles. The van der Waals surface area contributed by atoms with Crippen LogP contribution in [0.1, 0.15) is 29.4 Å². The van der Waals surface area contributed by atoms with Gasteiger partial charge in [-0.2, -0.15) is 10.4 Å². The number of anilines is 1. The summed E-state index contributed by atoms with van der Waals surface area (Å²) in [7, 11) is 3.66. The van der Waals surface area contributed by atoms with Crippen LogP contribution < -0.4 is 4.90 Å². The zero-order valence-corrected chi connectivity index (χ0v) is 10.1. The number of nitrogens with zero attached hydrogens (tertiary/aromatic N) is 4. The van der Waals surface area contributed by atoms with Crippen molar-refractivity contribution >= 4 is 12.1 Å². The van der Waals surface area contributed by atoms with E-state index in [9.17, 15) is 4.79 Å². The number of hydrogen-bond acceptors (Lipinski definition) is 4. The molecule has 0 saturated heterocycles. The van der Waals surface area contributed by atoms with E-state index in [2.05, 4.69) is 11.2 Å². The molecule has 5 nitrogen and oxygen atoms in total. The van der Waals surface area contributed by atoms with Gasteiger partial charge in [0, 0.05) is 20.1 Å². The minimum atomic E-state index is 0.0542. The van der Waals surface area contributed by atoms with Crippen molar-refractivity contribution in [2.75, 3.05) is 11.9 Å². The number of nitriles is 1. The van der Waals surface area contributed by atoms with Gasteiger partial charge < -0.3 is 4.90 Å². The quantitative estimate of drug-likeness (QED) is 0.717. The Morgan fingerprint density at radius 1 is 1.69 bits per heavy atom. The van der Waals surface area contributed by atoms with Gasteiger partial charge in [0.25, 0.3) is 0 Å². The molecule has 0 aliphatic heterocycles. The molecule has 0 radical (unpaired) electrons. The Balaban J connectivity index is 3.12. The van der Waals surface area contributed by atoms with Crippen molar-refractivity contribution in [2.24, 2.45) is 7.05 Å². The van der Waals surface area contributed by atoms with Crippen molar-refractivity contribution in [3.8, 4) is 6.07 Å². The molecule has 1 aromatic rings. The highest BCUT2D eigenvalue weighted by Crippen LogP contribution is 2.22. The SMILES string of the molecule is Cc1nn(C)c(N(C)C(C)CC#N)c1C=O. The minimum absolute atomic E-state index is 0.0542. The fourth-order valence-electron chi connectivity index (χ4n) is 1.70. The average molecular weight is 220 g/mol. The summed E-state index contributed by atoms with van der Waals surface area (Å²) < 4.78 is 1.67. The molecule has 1 atom stereocenters. The molecule has 1 rings (SSSR count). The van der Waals surface area contributed by atoms with E-state index in [4.69, 9.17) is 5.26 Å². The predicted octanol–water partition coefficient (Wildman–Crippen LogP) is 1.28. The molecule has 0 spiro atoms. The molecule has 0 N–H and O–H groups in total. The van der Waals surface area contributed by atoms with Crippen LogP contribution in [0.3, 0.4) is 0 Å². The van der Waals surface area contributed by atoms with Crippen molar-refractivity contribution in [1.29, 1.82) is 5.26 Å². The molecule has 0 amide bonds. The lowest BCUT2D eigenvalue weighted by molar-refractivity contribution is 0.112. The van der Waals surface area contributed by atoms with Gasteiger partial charge in [0.05, 0.1) is 23.7 Å². The summed E-state index contributed by atoms with van der Waals surface area (Å²) in [4.78, 5) is 12.9. The smallest absolute Gasteiger partial charge is 0.155 e. The lowest BCUT2D eigenvalue weighted by Gasteiger charge is -2.25. The molecule has 0 bridgehead atoms. The normalized spacial score (nSPS) is 11.9. The van der Waals surface area contributed by atoms with Crippen LogP contribution in [0, 0.1) is 18.3 Å². The van der Waals surface area contributed by atoms with Crippen molar-refractivity contribution in [3.63, 3.8) is 0 Å². The molecule has 5 heteroatoms. The summed E-state index contributed by atoms with van der Waals surface area (Å²) in [6.45, 7) is 3.75. The Morgan fingerprint density at radius 2 is 2.31 bits per heavy atom. The van der Waals surface area contributed by atoms with Gasteiger partial charge in [0.1, 0.15) is 5.82 Å². The summed E-state index contributed by atoms with van der Waals surface area (Å²) in [5, 5.41) is 12.9. The van der Waals surface area contributed by atoms with Crippen LogP contribution in [0.25, 0.3) is 0 Å². The second-order valence-electron chi connectivity index (χ2n) is 3.89. The van der Waals surface area contributed by atoms with Gasteiger partial charge in [0.15, 0.2) is 6.29 Å². The van der Waals surface area contributed by atoms with E-state index in [1.807, 2.05) is 18.9 Å². The van der Waals surface area contributed by atoms with Crippen molar-refractivity contribution in [1.82, 2.24) is 9.78 Å². The number of aldehydes is 1. The summed E-state index contributed by atoms with van der Waals surface area (Å²) in [6.07, 6.45) is 1.23. The lowest BCUT2D eigenvalue weighted by Crippen LogP contribution is -2.30. The molecular formula is C11H16N4O. The monoisotopic (exact) mass is 220 g/mol. The van der Waals surface area contributed by atoms with Crippen LogP contribution in [0.15, 0.2) is 0 Å². The number of aryl methyl sites for hydroxylation is 2. The van der Waals surface area contributed by atoms with Crippen LogP contribution in [-0.4, -0.2) is 29.2 Å². The van der Waals surface area contributed by atoms with E-state index in [0.29, 0.717) is 17.7 Å². The van der Waals surface area contributed by atoms with Crippen molar-refractivity contribution < 1.29 is 4.79 Å². The third-order valence-corrected chi connectivity index (χ3v) is 2.74. The van der Waals surface area contributed by atoms with Gasteiger partial charge in [-0.1, -0.05) is 0 Å². The maximum Gasteiger partial charge on any atom is 0.155 e. The van der Waals surface area contributed by atoms with Gasteiger partial charge >= 0.3 is 0 Å². The lowest BCUT2D eigenvalue weighted by atomic mass is 10.2. The Hall–Kier alpha value is -1.83. The zero-order valence-electron chi connectivity index (χ0n) is 10.1. The zero-order chi connectivity index (χ0) is 12.3. The molecule has 86 valence electrons. The summed E-state index contributed by atoms with van der Waals surface area (Å²) in [5.41, 5.74) is 1.30. The molecule has 0 aliphatic carbocycles. The Kier molecular flexibility index (Phi) is 3.67. The third kappa shape index (κ3) is 2.06. The first kappa shape index (κ1) is 12.2. The predicted molar refractivity (Wildman–Crippen MR) is 61.4 cm³/mol. The fraction of sp³-hybridized carbons (Fsp3) is 0.545. The molecule has 0 fully saturated rings. The first-order chi connectivity index (χ1) is 7.52. The molecule has 1 unspecified atom stereocenters. The Labute approximate surface area is 95.3 Å². The van der Waals surface area contributed by atoms with Gasteiger partial charge in [-0.3, -0.25) is 9.48 Å². The number of carbonyl (C=O) groups excluding carboxylic acids is 1. The first-order valence-electron chi connectivity index (χ1n) is 5.11. The fourth-order valence-corrected chi connectivity index (χ4v) is 1.70. The Morgan fingerprint density at radius 3 is 2.81 bits per heavy atom. The van der Waals surface area contributed by atoms with Crippen LogP contribution >= 0.6 is 0 Å². The first-order valence-corrected chi connectivity index (χ1v) is 5.11. The van der Waals surface area contributed by atoms with Crippen molar-refractivity contribution in [2.45, 2.75) is 26.3 Å². The van der Waals surface area contributed by atoms with Crippen LogP contribution in [0.4, 0.5) is 5.82 Å².